The van der Waals surface area contributed by atoms with Crippen LogP contribution in [0.5, 0.6) is 17.2 Å². The van der Waals surface area contributed by atoms with Crippen molar-refractivity contribution in [2.24, 2.45) is 5.92 Å². The fourth-order valence-electron chi connectivity index (χ4n) is 3.67. The molecule has 2 aromatic carbocycles. The number of hydrogen-bond acceptors (Lipinski definition) is 3. The van der Waals surface area contributed by atoms with Crippen LogP contribution in [0.1, 0.15) is 56.2 Å². The third-order valence-electron chi connectivity index (χ3n) is 5.01. The molecule has 2 aromatic rings. The van der Waals surface area contributed by atoms with Gasteiger partial charge in [0.1, 0.15) is 12.4 Å². The van der Waals surface area contributed by atoms with E-state index in [1.807, 2.05) is 6.07 Å². The van der Waals surface area contributed by atoms with Gasteiger partial charge >= 0.3 is 0 Å². The van der Waals surface area contributed by atoms with Crippen molar-refractivity contribution < 1.29 is 14.2 Å². The smallest absolute Gasteiger partial charge is 0.251 e. The van der Waals surface area contributed by atoms with E-state index in [1.54, 1.807) is 0 Å². The highest BCUT2D eigenvalue weighted by atomic mass is 16.7. The van der Waals surface area contributed by atoms with Gasteiger partial charge in [-0.25, -0.2) is 0 Å². The van der Waals surface area contributed by atoms with Crippen LogP contribution in [0.3, 0.4) is 0 Å². The molecule has 4 rings (SSSR count). The van der Waals surface area contributed by atoms with Crippen LogP contribution in [0, 0.1) is 5.92 Å². The third-order valence-corrected chi connectivity index (χ3v) is 5.01. The summed E-state index contributed by atoms with van der Waals surface area (Å²) in [6.07, 6.45) is 0.716. The molecular weight excluding hydrogens is 312 g/mol. The molecule has 25 heavy (non-hydrogen) atoms. The Hall–Kier alpha value is -2.16. The minimum absolute atomic E-state index is 0.108. The molecule has 2 atom stereocenters. The zero-order valence-corrected chi connectivity index (χ0v) is 15.4. The molecule has 132 valence electrons. The second-order valence-electron chi connectivity index (χ2n) is 7.82. The second-order valence-corrected chi connectivity index (χ2v) is 7.82. The minimum atomic E-state index is -0.312. The summed E-state index contributed by atoms with van der Waals surface area (Å²) in [5, 5.41) is 0. The van der Waals surface area contributed by atoms with Gasteiger partial charge < -0.3 is 14.2 Å². The molecule has 2 unspecified atom stereocenters. The standard InChI is InChI=1S/C22H26O3/c1-13(2)10-16-6-5-7-17-18(12-23-21(16)17)22-24-19-9-8-15(14(3)4)11-20(19)25-22/h5-9,11,13-14,18,22H,10,12H2,1-4H3. The largest absolute Gasteiger partial charge is 0.492 e. The molecule has 0 saturated heterocycles. The van der Waals surface area contributed by atoms with Crippen molar-refractivity contribution in [2.75, 3.05) is 6.61 Å². The average Bonchev–Trinajstić information content (AvgIpc) is 3.17. The zero-order valence-electron chi connectivity index (χ0n) is 15.4. The highest BCUT2D eigenvalue weighted by molar-refractivity contribution is 5.50. The first-order chi connectivity index (χ1) is 12.0. The van der Waals surface area contributed by atoms with Gasteiger partial charge in [0.05, 0.1) is 5.92 Å². The molecular formula is C22H26O3. The summed E-state index contributed by atoms with van der Waals surface area (Å²) in [6, 6.07) is 12.7. The predicted molar refractivity (Wildman–Crippen MR) is 98.8 cm³/mol. The SMILES string of the molecule is CC(C)Cc1cccc2c1OCC2C1Oc2ccc(C(C)C)cc2O1. The number of para-hydroxylation sites is 1. The Morgan fingerprint density at radius 3 is 2.56 bits per heavy atom. The monoisotopic (exact) mass is 338 g/mol. The van der Waals surface area contributed by atoms with Crippen LogP contribution in [-0.2, 0) is 6.42 Å². The number of ether oxygens (including phenoxy) is 3. The maximum absolute atomic E-state index is 6.16. The highest BCUT2D eigenvalue weighted by Gasteiger charge is 2.39. The van der Waals surface area contributed by atoms with Gasteiger partial charge in [-0.1, -0.05) is 52.0 Å². The minimum Gasteiger partial charge on any atom is -0.492 e. The number of hydrogen-bond donors (Lipinski definition) is 0. The van der Waals surface area contributed by atoms with Crippen molar-refractivity contribution in [1.82, 2.24) is 0 Å². The fraction of sp³-hybridized carbons (Fsp3) is 0.455. The molecule has 0 N–H and O–H groups in total. The first-order valence-corrected chi connectivity index (χ1v) is 9.24. The maximum Gasteiger partial charge on any atom is 0.251 e. The van der Waals surface area contributed by atoms with Crippen LogP contribution in [0.15, 0.2) is 36.4 Å². The molecule has 0 fully saturated rings. The summed E-state index contributed by atoms with van der Waals surface area (Å²) >= 11 is 0. The lowest BCUT2D eigenvalue weighted by Gasteiger charge is -2.16. The van der Waals surface area contributed by atoms with Gasteiger partial charge in [0.15, 0.2) is 11.5 Å². The highest BCUT2D eigenvalue weighted by Crippen LogP contribution is 2.45. The molecule has 0 bridgehead atoms. The van der Waals surface area contributed by atoms with Crippen molar-refractivity contribution in [2.45, 2.75) is 52.2 Å². The quantitative estimate of drug-likeness (QED) is 0.759. The Morgan fingerprint density at radius 1 is 1.00 bits per heavy atom. The van der Waals surface area contributed by atoms with Crippen LogP contribution in [-0.4, -0.2) is 12.9 Å². The van der Waals surface area contributed by atoms with E-state index in [-0.39, 0.29) is 12.2 Å². The van der Waals surface area contributed by atoms with Crippen LogP contribution in [0.4, 0.5) is 0 Å². The lowest BCUT2D eigenvalue weighted by Crippen LogP contribution is -2.28. The van der Waals surface area contributed by atoms with Crippen molar-refractivity contribution >= 4 is 0 Å². The van der Waals surface area contributed by atoms with E-state index < -0.39 is 0 Å². The predicted octanol–water partition coefficient (Wildman–Crippen LogP) is 5.28. The Morgan fingerprint density at radius 2 is 1.80 bits per heavy atom. The Labute approximate surface area is 149 Å². The average molecular weight is 338 g/mol. The summed E-state index contributed by atoms with van der Waals surface area (Å²) in [4.78, 5) is 0. The topological polar surface area (TPSA) is 27.7 Å². The number of benzene rings is 2. The Balaban J connectivity index is 1.58. The third kappa shape index (κ3) is 2.97. The molecule has 0 saturated carbocycles. The zero-order chi connectivity index (χ0) is 17.6. The van der Waals surface area contributed by atoms with Crippen molar-refractivity contribution in [3.05, 3.63) is 53.1 Å². The van der Waals surface area contributed by atoms with Gasteiger partial charge in [0.25, 0.3) is 6.29 Å². The van der Waals surface area contributed by atoms with Crippen LogP contribution >= 0.6 is 0 Å². The first-order valence-electron chi connectivity index (χ1n) is 9.24. The Kier molecular flexibility index (Phi) is 4.10. The lowest BCUT2D eigenvalue weighted by atomic mass is 9.95. The maximum atomic E-state index is 6.16. The van der Waals surface area contributed by atoms with Crippen LogP contribution < -0.4 is 14.2 Å². The van der Waals surface area contributed by atoms with Crippen LogP contribution in [0.25, 0.3) is 0 Å². The van der Waals surface area contributed by atoms with Gasteiger partial charge in [0, 0.05) is 5.56 Å². The molecule has 2 aliphatic heterocycles. The van der Waals surface area contributed by atoms with E-state index in [2.05, 4.69) is 58.0 Å². The van der Waals surface area contributed by atoms with E-state index in [0.717, 1.165) is 23.7 Å². The first kappa shape index (κ1) is 16.3. The van der Waals surface area contributed by atoms with E-state index >= 15 is 0 Å². The molecule has 0 aromatic heterocycles. The summed E-state index contributed by atoms with van der Waals surface area (Å²) < 4.78 is 18.3. The van der Waals surface area contributed by atoms with Crippen molar-refractivity contribution in [3.8, 4) is 17.2 Å². The van der Waals surface area contributed by atoms with Crippen LogP contribution in [0.2, 0.25) is 0 Å². The molecule has 0 spiro atoms. The summed E-state index contributed by atoms with van der Waals surface area (Å²) in [6.45, 7) is 9.45. The summed E-state index contributed by atoms with van der Waals surface area (Å²) in [7, 11) is 0. The second kappa shape index (κ2) is 6.29. The summed E-state index contributed by atoms with van der Waals surface area (Å²) in [5.41, 5.74) is 3.76. The van der Waals surface area contributed by atoms with E-state index in [9.17, 15) is 0 Å². The number of rotatable bonds is 4. The molecule has 0 amide bonds. The van der Waals surface area contributed by atoms with Gasteiger partial charge in [-0.05, 0) is 41.5 Å². The molecule has 3 nitrogen and oxygen atoms in total. The molecule has 0 radical (unpaired) electrons. The number of fused-ring (bicyclic) bond motifs is 2. The fourth-order valence-corrected chi connectivity index (χ4v) is 3.67. The molecule has 2 heterocycles. The van der Waals surface area contributed by atoms with Crippen molar-refractivity contribution in [3.63, 3.8) is 0 Å². The van der Waals surface area contributed by atoms with E-state index in [4.69, 9.17) is 14.2 Å². The van der Waals surface area contributed by atoms with E-state index in [1.165, 1.54) is 16.7 Å². The Bertz CT molecular complexity index is 779. The van der Waals surface area contributed by atoms with Gasteiger partial charge in [-0.15, -0.1) is 0 Å². The molecule has 2 aliphatic rings. The normalized spacial score (nSPS) is 20.9. The van der Waals surface area contributed by atoms with Crippen molar-refractivity contribution in [1.29, 1.82) is 0 Å². The van der Waals surface area contributed by atoms with Gasteiger partial charge in [0.2, 0.25) is 0 Å². The van der Waals surface area contributed by atoms with Gasteiger partial charge in [-0.2, -0.15) is 0 Å². The van der Waals surface area contributed by atoms with Gasteiger partial charge in [-0.3, -0.25) is 0 Å². The lowest BCUT2D eigenvalue weighted by molar-refractivity contribution is 0.0182. The molecule has 3 heteroatoms. The summed E-state index contributed by atoms with van der Waals surface area (Å²) in [5.74, 6) is 3.90. The van der Waals surface area contributed by atoms with E-state index in [0.29, 0.717) is 18.4 Å². The molecule has 0 aliphatic carbocycles.